The standard InChI is InChI=1S/C18H20N2O3/c1-2-3-7-11-20-18(22)16-17(15(21)10-12-19-16)23-13-14-8-5-4-6-9-14/h2,4-6,8-10,12H,1,3,7,11,13H2,(H,19,21)(H,20,22). The van der Waals surface area contributed by atoms with Crippen molar-refractivity contribution in [3.63, 3.8) is 0 Å². The van der Waals surface area contributed by atoms with Crippen LogP contribution >= 0.6 is 0 Å². The van der Waals surface area contributed by atoms with Crippen LogP contribution in [0.5, 0.6) is 5.75 Å². The van der Waals surface area contributed by atoms with Crippen LogP contribution in [0.1, 0.15) is 28.9 Å². The van der Waals surface area contributed by atoms with Gasteiger partial charge in [-0.3, -0.25) is 9.59 Å². The second-order valence-corrected chi connectivity index (χ2v) is 5.01. The third-order valence-corrected chi connectivity index (χ3v) is 3.24. The van der Waals surface area contributed by atoms with Gasteiger partial charge >= 0.3 is 0 Å². The molecule has 0 unspecified atom stereocenters. The van der Waals surface area contributed by atoms with Crippen LogP contribution in [0.15, 0.2) is 60.0 Å². The molecule has 2 N–H and O–H groups in total. The molecule has 1 aromatic heterocycles. The van der Waals surface area contributed by atoms with Gasteiger partial charge in [0, 0.05) is 18.8 Å². The molecule has 5 heteroatoms. The van der Waals surface area contributed by atoms with E-state index in [1.54, 1.807) is 6.08 Å². The third kappa shape index (κ3) is 4.85. The number of ether oxygens (including phenoxy) is 1. The zero-order chi connectivity index (χ0) is 16.5. The number of hydrogen-bond donors (Lipinski definition) is 2. The summed E-state index contributed by atoms with van der Waals surface area (Å²) in [5, 5.41) is 2.76. The van der Waals surface area contributed by atoms with Crippen LogP contribution in [0.25, 0.3) is 0 Å². The molecule has 0 aliphatic carbocycles. The Labute approximate surface area is 135 Å². The van der Waals surface area contributed by atoms with Crippen LogP contribution in [0.2, 0.25) is 0 Å². The number of amides is 1. The maximum atomic E-state index is 12.2. The minimum Gasteiger partial charge on any atom is -0.483 e. The summed E-state index contributed by atoms with van der Waals surface area (Å²) < 4.78 is 5.58. The SMILES string of the molecule is C=CCCCNC(=O)c1[nH]ccc(=O)c1OCc1ccccc1. The molecule has 0 saturated carbocycles. The maximum Gasteiger partial charge on any atom is 0.271 e. The first kappa shape index (κ1) is 16.5. The third-order valence-electron chi connectivity index (χ3n) is 3.24. The van der Waals surface area contributed by atoms with E-state index in [4.69, 9.17) is 4.74 Å². The molecule has 1 amide bonds. The number of rotatable bonds is 8. The van der Waals surface area contributed by atoms with Crippen LogP contribution in [0, 0.1) is 0 Å². The fourth-order valence-corrected chi connectivity index (χ4v) is 2.04. The molecule has 1 heterocycles. The summed E-state index contributed by atoms with van der Waals surface area (Å²) in [6.45, 7) is 4.37. The van der Waals surface area contributed by atoms with Crippen molar-refractivity contribution in [2.45, 2.75) is 19.4 Å². The van der Waals surface area contributed by atoms with E-state index in [1.165, 1.54) is 12.3 Å². The highest BCUT2D eigenvalue weighted by Gasteiger charge is 2.16. The van der Waals surface area contributed by atoms with E-state index in [9.17, 15) is 9.59 Å². The Bertz CT molecular complexity index is 708. The lowest BCUT2D eigenvalue weighted by atomic mass is 10.2. The summed E-state index contributed by atoms with van der Waals surface area (Å²) in [4.78, 5) is 27.0. The molecule has 23 heavy (non-hydrogen) atoms. The largest absolute Gasteiger partial charge is 0.483 e. The molecule has 2 rings (SSSR count). The maximum absolute atomic E-state index is 12.2. The van der Waals surface area contributed by atoms with Gasteiger partial charge in [0.2, 0.25) is 5.43 Å². The molecule has 0 atom stereocenters. The second kappa shape index (κ2) is 8.58. The molecule has 0 radical (unpaired) electrons. The van der Waals surface area contributed by atoms with Crippen LogP contribution in [0.4, 0.5) is 0 Å². The van der Waals surface area contributed by atoms with Crippen molar-refractivity contribution in [3.8, 4) is 5.75 Å². The number of aromatic amines is 1. The van der Waals surface area contributed by atoms with Crippen molar-refractivity contribution < 1.29 is 9.53 Å². The Hall–Kier alpha value is -2.82. The molecule has 5 nitrogen and oxygen atoms in total. The molecule has 0 saturated heterocycles. The number of benzene rings is 1. The minimum absolute atomic E-state index is 0.0394. The van der Waals surface area contributed by atoms with Crippen molar-refractivity contribution in [2.24, 2.45) is 0 Å². The number of nitrogens with one attached hydrogen (secondary N) is 2. The van der Waals surface area contributed by atoms with E-state index >= 15 is 0 Å². The number of unbranched alkanes of at least 4 members (excludes halogenated alkanes) is 1. The first-order valence-corrected chi connectivity index (χ1v) is 7.50. The molecule has 0 bridgehead atoms. The van der Waals surface area contributed by atoms with E-state index in [0.717, 1.165) is 18.4 Å². The Morgan fingerprint density at radius 2 is 2.04 bits per heavy atom. The summed E-state index contributed by atoms with van der Waals surface area (Å²) in [7, 11) is 0. The van der Waals surface area contributed by atoms with Gasteiger partial charge in [-0.25, -0.2) is 0 Å². The van der Waals surface area contributed by atoms with Gasteiger partial charge in [-0.2, -0.15) is 0 Å². The molecule has 120 valence electrons. The molecule has 0 spiro atoms. The van der Waals surface area contributed by atoms with Crippen LogP contribution < -0.4 is 15.5 Å². The van der Waals surface area contributed by atoms with E-state index in [-0.39, 0.29) is 29.4 Å². The molecule has 1 aromatic carbocycles. The van der Waals surface area contributed by atoms with Crippen molar-refractivity contribution in [3.05, 3.63) is 76.7 Å². The summed E-state index contributed by atoms with van der Waals surface area (Å²) in [5.41, 5.74) is 0.746. The first-order chi connectivity index (χ1) is 11.2. The van der Waals surface area contributed by atoms with E-state index in [2.05, 4.69) is 16.9 Å². The fourth-order valence-electron chi connectivity index (χ4n) is 2.04. The smallest absolute Gasteiger partial charge is 0.271 e. The van der Waals surface area contributed by atoms with Gasteiger partial charge in [0.15, 0.2) is 11.4 Å². The lowest BCUT2D eigenvalue weighted by Gasteiger charge is -2.11. The normalized spacial score (nSPS) is 10.1. The number of H-pyrrole nitrogens is 1. The monoisotopic (exact) mass is 312 g/mol. The summed E-state index contributed by atoms with van der Waals surface area (Å²) >= 11 is 0. The summed E-state index contributed by atoms with van der Waals surface area (Å²) in [6.07, 6.45) is 4.86. The highest BCUT2D eigenvalue weighted by molar-refractivity contribution is 5.94. The molecule has 2 aromatic rings. The lowest BCUT2D eigenvalue weighted by molar-refractivity contribution is 0.0943. The Morgan fingerprint density at radius 3 is 2.78 bits per heavy atom. The van der Waals surface area contributed by atoms with Gasteiger partial charge in [-0.1, -0.05) is 36.4 Å². The van der Waals surface area contributed by atoms with Crippen molar-refractivity contribution in [1.82, 2.24) is 10.3 Å². The number of allylic oxidation sites excluding steroid dienone is 1. The van der Waals surface area contributed by atoms with Gasteiger partial charge in [0.1, 0.15) is 6.61 Å². The van der Waals surface area contributed by atoms with Gasteiger partial charge in [0.05, 0.1) is 0 Å². The average Bonchev–Trinajstić information content (AvgIpc) is 2.58. The van der Waals surface area contributed by atoms with E-state index in [1.807, 2.05) is 30.3 Å². The Balaban J connectivity index is 2.08. The van der Waals surface area contributed by atoms with Crippen molar-refractivity contribution in [2.75, 3.05) is 6.54 Å². The predicted octanol–water partition coefficient (Wildman–Crippen LogP) is 2.65. The zero-order valence-corrected chi connectivity index (χ0v) is 12.9. The topological polar surface area (TPSA) is 71.2 Å². The molecular weight excluding hydrogens is 292 g/mol. The van der Waals surface area contributed by atoms with Gasteiger partial charge < -0.3 is 15.0 Å². The highest BCUT2D eigenvalue weighted by atomic mass is 16.5. The fraction of sp³-hybridized carbons (Fsp3) is 0.222. The number of carbonyl (C=O) groups is 1. The predicted molar refractivity (Wildman–Crippen MR) is 89.6 cm³/mol. The van der Waals surface area contributed by atoms with E-state index < -0.39 is 0 Å². The molecule has 0 aliphatic rings. The molecular formula is C18H20N2O3. The summed E-state index contributed by atoms with van der Waals surface area (Å²) in [6, 6.07) is 10.8. The second-order valence-electron chi connectivity index (χ2n) is 5.01. The Kier molecular flexibility index (Phi) is 6.17. The van der Waals surface area contributed by atoms with Crippen LogP contribution in [0.3, 0.4) is 0 Å². The number of carbonyl (C=O) groups excluding carboxylic acids is 1. The lowest BCUT2D eigenvalue weighted by Crippen LogP contribution is -2.27. The molecule has 0 fully saturated rings. The van der Waals surface area contributed by atoms with Crippen molar-refractivity contribution in [1.29, 1.82) is 0 Å². The van der Waals surface area contributed by atoms with Gasteiger partial charge in [-0.05, 0) is 18.4 Å². The quantitative estimate of drug-likeness (QED) is 0.581. The number of pyridine rings is 1. The van der Waals surface area contributed by atoms with Crippen LogP contribution in [-0.4, -0.2) is 17.4 Å². The van der Waals surface area contributed by atoms with Gasteiger partial charge in [-0.15, -0.1) is 6.58 Å². The zero-order valence-electron chi connectivity index (χ0n) is 12.9. The summed E-state index contributed by atoms with van der Waals surface area (Å²) in [5.74, 6) is -0.313. The van der Waals surface area contributed by atoms with Gasteiger partial charge in [0.25, 0.3) is 5.91 Å². The average molecular weight is 312 g/mol. The Morgan fingerprint density at radius 1 is 1.26 bits per heavy atom. The number of aromatic nitrogens is 1. The number of hydrogen-bond acceptors (Lipinski definition) is 3. The first-order valence-electron chi connectivity index (χ1n) is 7.50. The minimum atomic E-state index is -0.352. The van der Waals surface area contributed by atoms with Crippen molar-refractivity contribution >= 4 is 5.91 Å². The van der Waals surface area contributed by atoms with E-state index in [0.29, 0.717) is 6.54 Å². The molecule has 0 aliphatic heterocycles. The highest BCUT2D eigenvalue weighted by Crippen LogP contribution is 2.12. The van der Waals surface area contributed by atoms with Crippen LogP contribution in [-0.2, 0) is 6.61 Å².